The van der Waals surface area contributed by atoms with Gasteiger partial charge in [-0.05, 0) is 75.4 Å². The van der Waals surface area contributed by atoms with Gasteiger partial charge in [0.05, 0.1) is 18.8 Å². The van der Waals surface area contributed by atoms with Crippen LogP contribution >= 0.6 is 0 Å². The summed E-state index contributed by atoms with van der Waals surface area (Å²) in [5.41, 5.74) is 4.06. The summed E-state index contributed by atoms with van der Waals surface area (Å²) in [6, 6.07) is 28.9. The van der Waals surface area contributed by atoms with Gasteiger partial charge >= 0.3 is 0 Å². The summed E-state index contributed by atoms with van der Waals surface area (Å²) in [7, 11) is 5.04. The molecule has 5 N–H and O–H groups in total. The zero-order valence-electron chi connectivity index (χ0n) is 33.3. The lowest BCUT2D eigenvalue weighted by Gasteiger charge is -2.13. The monoisotopic (exact) mass is 747 g/mol. The van der Waals surface area contributed by atoms with Gasteiger partial charge in [0.1, 0.15) is 28.6 Å². The van der Waals surface area contributed by atoms with Gasteiger partial charge in [-0.15, -0.1) is 0 Å². The number of benzene rings is 3. The van der Waals surface area contributed by atoms with Crippen molar-refractivity contribution in [3.8, 4) is 17.2 Å². The number of aromatic nitrogens is 2. The predicted molar refractivity (Wildman–Crippen MR) is 223 cm³/mol. The van der Waals surface area contributed by atoms with Crippen LogP contribution in [0.2, 0.25) is 0 Å². The molecule has 3 amide bonds. The molecule has 0 aliphatic heterocycles. The zero-order valence-corrected chi connectivity index (χ0v) is 33.3. The van der Waals surface area contributed by atoms with E-state index in [9.17, 15) is 14.4 Å². The number of carbonyl (C=O) groups is 3. The van der Waals surface area contributed by atoms with Crippen LogP contribution in [0.4, 0.5) is 17.2 Å². The molecule has 290 valence electrons. The molecule has 55 heavy (non-hydrogen) atoms. The van der Waals surface area contributed by atoms with Crippen molar-refractivity contribution in [2.75, 3.05) is 37.2 Å². The van der Waals surface area contributed by atoms with Crippen LogP contribution in [-0.4, -0.2) is 48.9 Å². The first-order valence-corrected chi connectivity index (χ1v) is 18.0. The van der Waals surface area contributed by atoms with Gasteiger partial charge in [-0.3, -0.25) is 19.4 Å². The largest absolute Gasteiger partial charge is 0.497 e. The Morgan fingerprint density at radius 1 is 0.600 bits per heavy atom. The van der Waals surface area contributed by atoms with Crippen LogP contribution in [0.25, 0.3) is 10.9 Å². The number of methoxy groups -OCH3 is 1. The third-order valence-electron chi connectivity index (χ3n) is 7.66. The van der Waals surface area contributed by atoms with Crippen molar-refractivity contribution in [1.29, 1.82) is 0 Å². The summed E-state index contributed by atoms with van der Waals surface area (Å²) in [5.74, 6) is 0.846. The number of hydrogen-bond acceptors (Lipinski definition) is 9. The van der Waals surface area contributed by atoms with Crippen molar-refractivity contribution >= 4 is 45.8 Å². The fourth-order valence-corrected chi connectivity index (χ4v) is 4.53. The number of pyridine rings is 2. The lowest BCUT2D eigenvalue weighted by Crippen LogP contribution is -2.29. The quantitative estimate of drug-likeness (QED) is 0.0507. The van der Waals surface area contributed by atoms with Gasteiger partial charge in [-0.1, -0.05) is 64.1 Å². The Hall–Kier alpha value is -6.69. The maximum absolute atomic E-state index is 13.0. The second-order valence-corrected chi connectivity index (χ2v) is 11.0. The van der Waals surface area contributed by atoms with Crippen molar-refractivity contribution in [1.82, 2.24) is 20.6 Å². The van der Waals surface area contributed by atoms with E-state index in [1.54, 1.807) is 83.7 Å². The van der Waals surface area contributed by atoms with Gasteiger partial charge in [0.25, 0.3) is 17.7 Å². The van der Waals surface area contributed by atoms with E-state index in [0.717, 1.165) is 22.3 Å². The van der Waals surface area contributed by atoms with Crippen LogP contribution in [0.15, 0.2) is 132 Å². The first-order chi connectivity index (χ1) is 26.6. The molecule has 2 heterocycles. The lowest BCUT2D eigenvalue weighted by atomic mass is 10.1. The third-order valence-corrected chi connectivity index (χ3v) is 7.66. The van der Waals surface area contributed by atoms with Crippen LogP contribution in [0.1, 0.15) is 48.5 Å². The Bertz CT molecular complexity index is 2030. The molecule has 0 atom stereocenters. The van der Waals surface area contributed by atoms with Crippen LogP contribution in [0.3, 0.4) is 0 Å². The number of anilines is 3. The van der Waals surface area contributed by atoms with E-state index in [1.807, 2.05) is 89.2 Å². The Labute approximate surface area is 324 Å². The van der Waals surface area contributed by atoms with E-state index in [1.165, 1.54) is 6.20 Å². The minimum atomic E-state index is -0.592. The van der Waals surface area contributed by atoms with E-state index in [4.69, 9.17) is 9.47 Å². The summed E-state index contributed by atoms with van der Waals surface area (Å²) in [4.78, 5) is 46.1. The molecule has 0 aliphatic carbocycles. The van der Waals surface area contributed by atoms with E-state index in [2.05, 4.69) is 36.6 Å². The van der Waals surface area contributed by atoms with Crippen molar-refractivity contribution < 1.29 is 23.9 Å². The molecule has 5 aromatic rings. The minimum Gasteiger partial charge on any atom is -0.497 e. The normalized spacial score (nSPS) is 10.8. The molecule has 5 rings (SSSR count). The second-order valence-electron chi connectivity index (χ2n) is 11.0. The van der Waals surface area contributed by atoms with E-state index in [0.29, 0.717) is 34.2 Å². The van der Waals surface area contributed by atoms with E-state index >= 15 is 0 Å². The highest BCUT2D eigenvalue weighted by Crippen LogP contribution is 2.31. The van der Waals surface area contributed by atoms with Crippen LogP contribution in [0, 0.1) is 0 Å². The molecule has 0 saturated heterocycles. The topological polar surface area (TPSA) is 156 Å². The fraction of sp³-hybridized carbons (Fsp3) is 0.233. The highest BCUT2D eigenvalue weighted by Gasteiger charge is 2.22. The van der Waals surface area contributed by atoms with Gasteiger partial charge in [0.15, 0.2) is 0 Å². The number of carbonyl (C=O) groups excluding carboxylic acids is 3. The van der Waals surface area contributed by atoms with Gasteiger partial charge in [0.2, 0.25) is 0 Å². The Kier molecular flexibility index (Phi) is 19.2. The first kappa shape index (κ1) is 44.5. The number of nitrogens with one attached hydrogen (secondary N) is 5. The number of rotatable bonds is 11. The molecule has 3 aromatic carbocycles. The summed E-state index contributed by atoms with van der Waals surface area (Å²) >= 11 is 0. The van der Waals surface area contributed by atoms with Crippen molar-refractivity contribution in [2.24, 2.45) is 0 Å². The number of ether oxygens (including phenoxy) is 2. The number of hydrogen-bond donors (Lipinski definition) is 5. The molecule has 12 nitrogen and oxygen atoms in total. The summed E-state index contributed by atoms with van der Waals surface area (Å²) < 4.78 is 11.2. The van der Waals surface area contributed by atoms with Crippen LogP contribution < -0.4 is 36.1 Å². The molecule has 2 aromatic heterocycles. The number of nitrogens with zero attached hydrogens (tertiary/aromatic N) is 2. The van der Waals surface area contributed by atoms with Gasteiger partial charge < -0.3 is 36.1 Å². The highest BCUT2D eigenvalue weighted by atomic mass is 16.5. The molecule has 0 saturated carbocycles. The number of fused-ring (bicyclic) bond motifs is 1. The Morgan fingerprint density at radius 2 is 1.15 bits per heavy atom. The molecular formula is C43H53N7O5. The van der Waals surface area contributed by atoms with Crippen LogP contribution in [-0.2, 0) is 14.4 Å². The SMILES string of the molecule is CC.CC.CN/C(C)=C(/C)C(=O)Nc1ccccc1.CN/C(C)=C(\C(=O)Nc1ccccc1)C(=O)Nc1ccc(Oc2ccnc3cc(OC)ccc23)cn1. The van der Waals surface area contributed by atoms with Crippen molar-refractivity contribution in [2.45, 2.75) is 48.5 Å². The summed E-state index contributed by atoms with van der Waals surface area (Å²) in [6.07, 6.45) is 3.14. The highest BCUT2D eigenvalue weighted by molar-refractivity contribution is 6.26. The Balaban J connectivity index is 0.000000460. The second kappa shape index (κ2) is 23.8. The molecule has 0 spiro atoms. The predicted octanol–water partition coefficient (Wildman–Crippen LogP) is 8.69. The average Bonchev–Trinajstić information content (AvgIpc) is 3.23. The average molecular weight is 748 g/mol. The molecule has 0 bridgehead atoms. The molecule has 0 radical (unpaired) electrons. The van der Waals surface area contributed by atoms with Crippen LogP contribution in [0.5, 0.6) is 17.2 Å². The maximum Gasteiger partial charge on any atom is 0.264 e. The van der Waals surface area contributed by atoms with Crippen molar-refractivity contribution in [3.63, 3.8) is 0 Å². The van der Waals surface area contributed by atoms with Gasteiger partial charge in [-0.2, -0.15) is 0 Å². The summed E-state index contributed by atoms with van der Waals surface area (Å²) in [6.45, 7) is 13.3. The van der Waals surface area contributed by atoms with Crippen molar-refractivity contribution in [3.05, 3.63) is 132 Å². The number of allylic oxidation sites excluding steroid dienone is 2. The molecule has 12 heteroatoms. The van der Waals surface area contributed by atoms with E-state index < -0.39 is 11.8 Å². The standard InChI is InChI=1S/C27H25N5O4.C12H16N2O.2C2H6/c1-17(28-2)25(26(33)31-18-7-5-4-6-8-18)27(34)32-24-12-10-20(16-30-24)36-23-13-14-29-22-15-19(35-3)9-11-21(22)23;1-9(10(2)13-3)12(15)14-11-7-5-4-6-8-11;2*1-2/h4-16,28H,1-3H3,(H,31,33)(H,30,32,34);4-8,13H,1-3H3,(H,14,15);2*1-2H3/b25-17+;10-9-;;. The molecule has 0 fully saturated rings. The molecule has 0 unspecified atom stereocenters. The molecule has 0 aliphatic rings. The third kappa shape index (κ3) is 13.7. The molecular weight excluding hydrogens is 695 g/mol. The van der Waals surface area contributed by atoms with E-state index in [-0.39, 0.29) is 17.3 Å². The fourth-order valence-electron chi connectivity index (χ4n) is 4.53. The lowest BCUT2D eigenvalue weighted by molar-refractivity contribution is -0.118. The zero-order chi connectivity index (χ0) is 40.8. The smallest absolute Gasteiger partial charge is 0.264 e. The van der Waals surface area contributed by atoms with Gasteiger partial charge in [-0.25, -0.2) is 4.98 Å². The first-order valence-electron chi connectivity index (χ1n) is 18.0. The summed E-state index contributed by atoms with van der Waals surface area (Å²) in [5, 5.41) is 14.8. The maximum atomic E-state index is 13.0. The minimum absolute atomic E-state index is 0.0536. The number of para-hydroxylation sites is 2. The van der Waals surface area contributed by atoms with Gasteiger partial charge in [0, 0.05) is 60.1 Å². The Morgan fingerprint density at radius 3 is 1.67 bits per heavy atom. The number of amides is 3.